The lowest BCUT2D eigenvalue weighted by Crippen LogP contribution is -2.36. The number of aliphatic carboxylic acids is 1. The largest absolute Gasteiger partial charge is 0.493 e. The Kier molecular flexibility index (Phi) is 11.9. The van der Waals surface area contributed by atoms with E-state index >= 15 is 0 Å². The third-order valence-corrected chi connectivity index (χ3v) is 6.28. The van der Waals surface area contributed by atoms with Crippen LogP contribution in [0.25, 0.3) is 21.8 Å². The molecular weight excluding hydrogens is 601 g/mol. The van der Waals surface area contributed by atoms with Gasteiger partial charge < -0.3 is 34.8 Å². The number of carbonyl (C=O) groups is 1. The second-order valence-electron chi connectivity index (χ2n) is 10.1. The van der Waals surface area contributed by atoms with Crippen LogP contribution in [0.5, 0.6) is 23.1 Å². The van der Waals surface area contributed by atoms with Crippen molar-refractivity contribution in [3.63, 3.8) is 0 Å². The first-order chi connectivity index (χ1) is 21.2. The van der Waals surface area contributed by atoms with E-state index in [2.05, 4.69) is 44.4 Å². The summed E-state index contributed by atoms with van der Waals surface area (Å²) in [6.45, 7) is 7.20. The van der Waals surface area contributed by atoms with E-state index in [0.717, 1.165) is 17.5 Å². The van der Waals surface area contributed by atoms with Gasteiger partial charge in [-0.2, -0.15) is 18.2 Å². The van der Waals surface area contributed by atoms with E-state index in [9.17, 15) is 23.4 Å². The third-order valence-electron chi connectivity index (χ3n) is 6.28. The summed E-state index contributed by atoms with van der Waals surface area (Å²) >= 11 is 0. The highest BCUT2D eigenvalue weighted by Gasteiger charge is 2.38. The number of rotatable bonds is 12. The maximum atomic E-state index is 10.6. The monoisotopic (exact) mass is 636 g/mol. The van der Waals surface area contributed by atoms with E-state index in [1.807, 2.05) is 13.0 Å². The second kappa shape index (κ2) is 15.3. The van der Waals surface area contributed by atoms with Gasteiger partial charge >= 0.3 is 12.1 Å². The predicted molar refractivity (Wildman–Crippen MR) is 159 cm³/mol. The molecule has 2 aromatic carbocycles. The molecule has 0 aliphatic carbocycles. The SMILES string of the molecule is COc1cc2nc(Nc3nc(O)c4cc(OCCNC(CO)CC(C)C)ccc4n3)nc(C)c2cc1OC.O=C(O)C(F)(F)F. The highest BCUT2D eigenvalue weighted by Crippen LogP contribution is 2.33. The number of ether oxygens (including phenoxy) is 3. The summed E-state index contributed by atoms with van der Waals surface area (Å²) in [6, 6.07) is 8.88. The maximum Gasteiger partial charge on any atom is 0.490 e. The Hall–Kier alpha value is -4.70. The number of nitrogens with one attached hydrogen (secondary N) is 2. The number of aliphatic hydroxyl groups excluding tert-OH is 1. The molecule has 0 radical (unpaired) electrons. The van der Waals surface area contributed by atoms with Gasteiger partial charge in [0.05, 0.1) is 42.9 Å². The van der Waals surface area contributed by atoms with Crippen molar-refractivity contribution in [2.75, 3.05) is 39.3 Å². The van der Waals surface area contributed by atoms with Crippen LogP contribution in [0.4, 0.5) is 25.1 Å². The van der Waals surface area contributed by atoms with Gasteiger partial charge in [0.1, 0.15) is 12.4 Å². The number of alkyl halides is 3. The molecule has 0 spiro atoms. The van der Waals surface area contributed by atoms with Gasteiger partial charge in [0.2, 0.25) is 17.8 Å². The zero-order chi connectivity index (χ0) is 33.3. The normalized spacial score (nSPS) is 12.0. The van der Waals surface area contributed by atoms with Crippen LogP contribution in [0.1, 0.15) is 26.0 Å². The summed E-state index contributed by atoms with van der Waals surface area (Å²) in [5.41, 5.74) is 1.93. The molecule has 0 saturated carbocycles. The Balaban J connectivity index is 0.000000707. The Morgan fingerprint density at radius 3 is 2.18 bits per heavy atom. The van der Waals surface area contributed by atoms with Crippen LogP contribution in [0.3, 0.4) is 0 Å². The summed E-state index contributed by atoms with van der Waals surface area (Å²) < 4.78 is 48.3. The van der Waals surface area contributed by atoms with Gasteiger partial charge in [-0.3, -0.25) is 5.32 Å². The summed E-state index contributed by atoms with van der Waals surface area (Å²) in [6.07, 6.45) is -4.19. The standard InChI is InChI=1S/C27H34N6O5.C2HF3O2/c1-15(2)10-17(14-34)28-8-9-38-18-6-7-21-20(11-18)25(35)32-27(30-21)33-26-29-16(3)19-12-23(36-4)24(37-5)13-22(19)31-26;3-2(4,5)1(6)7/h6-7,11-13,15,17,28,34H,8-10,14H2,1-5H3,(H2,29,30,31,32,33,35);(H,6,7). The number of carboxylic acids is 1. The number of aromatic hydroxyl groups is 1. The molecule has 45 heavy (non-hydrogen) atoms. The molecule has 0 fully saturated rings. The molecule has 16 heteroatoms. The van der Waals surface area contributed by atoms with Crippen LogP contribution < -0.4 is 24.8 Å². The number of aromatic nitrogens is 4. The van der Waals surface area contributed by atoms with E-state index in [4.69, 9.17) is 24.1 Å². The van der Waals surface area contributed by atoms with Crippen molar-refractivity contribution in [3.05, 3.63) is 36.0 Å². The molecule has 4 aromatic rings. The number of aryl methyl sites for hydroxylation is 1. The van der Waals surface area contributed by atoms with Crippen molar-refractivity contribution in [3.8, 4) is 23.1 Å². The molecule has 13 nitrogen and oxygen atoms in total. The quantitative estimate of drug-likeness (QED) is 0.139. The van der Waals surface area contributed by atoms with E-state index in [1.54, 1.807) is 38.5 Å². The van der Waals surface area contributed by atoms with E-state index < -0.39 is 12.1 Å². The van der Waals surface area contributed by atoms with Gasteiger partial charge in [-0.25, -0.2) is 19.7 Å². The summed E-state index contributed by atoms with van der Waals surface area (Å²) in [5.74, 6) is -0.278. The van der Waals surface area contributed by atoms with Crippen LogP contribution in [-0.4, -0.2) is 87.4 Å². The molecule has 0 amide bonds. The Morgan fingerprint density at radius 1 is 0.956 bits per heavy atom. The third kappa shape index (κ3) is 9.64. The topological polar surface area (TPSA) is 181 Å². The van der Waals surface area contributed by atoms with E-state index in [1.165, 1.54) is 0 Å². The number of hydrogen-bond acceptors (Lipinski definition) is 12. The van der Waals surface area contributed by atoms with Crippen molar-refractivity contribution in [2.45, 2.75) is 39.4 Å². The van der Waals surface area contributed by atoms with Crippen molar-refractivity contribution in [1.82, 2.24) is 25.3 Å². The molecular formula is C29H35F3N6O7. The highest BCUT2D eigenvalue weighted by atomic mass is 19.4. The van der Waals surface area contributed by atoms with Crippen molar-refractivity contribution >= 4 is 39.7 Å². The Bertz CT molecular complexity index is 1620. The lowest BCUT2D eigenvalue weighted by atomic mass is 10.0. The lowest BCUT2D eigenvalue weighted by Gasteiger charge is -2.18. The van der Waals surface area contributed by atoms with Gasteiger partial charge in [0.15, 0.2) is 11.5 Å². The molecule has 1 unspecified atom stereocenters. The average molecular weight is 637 g/mol. The second-order valence-corrected chi connectivity index (χ2v) is 10.1. The maximum absolute atomic E-state index is 10.6. The molecule has 1 atom stereocenters. The van der Waals surface area contributed by atoms with Crippen LogP contribution in [0.15, 0.2) is 30.3 Å². The zero-order valence-corrected chi connectivity index (χ0v) is 25.3. The first-order valence-electron chi connectivity index (χ1n) is 13.7. The highest BCUT2D eigenvalue weighted by molar-refractivity contribution is 5.87. The fraction of sp³-hybridized carbons (Fsp3) is 0.414. The van der Waals surface area contributed by atoms with E-state index in [-0.39, 0.29) is 30.4 Å². The number of anilines is 2. The number of carboxylic acid groups (broad SMARTS) is 1. The van der Waals surface area contributed by atoms with Crippen LogP contribution in [0, 0.1) is 12.8 Å². The van der Waals surface area contributed by atoms with Gasteiger partial charge in [-0.05, 0) is 43.5 Å². The van der Waals surface area contributed by atoms with Crippen molar-refractivity contribution in [1.29, 1.82) is 0 Å². The molecule has 2 heterocycles. The Morgan fingerprint density at radius 2 is 1.58 bits per heavy atom. The number of fused-ring (bicyclic) bond motifs is 2. The molecule has 244 valence electrons. The molecule has 0 aliphatic rings. The van der Waals surface area contributed by atoms with Gasteiger partial charge in [0, 0.05) is 24.0 Å². The fourth-order valence-corrected chi connectivity index (χ4v) is 4.23. The smallest absolute Gasteiger partial charge is 0.490 e. The van der Waals surface area contributed by atoms with Gasteiger partial charge in [0.25, 0.3) is 0 Å². The molecule has 2 aromatic heterocycles. The molecule has 4 rings (SSSR count). The predicted octanol–water partition coefficient (Wildman–Crippen LogP) is 4.36. The molecule has 5 N–H and O–H groups in total. The number of aliphatic hydroxyl groups is 1. The minimum atomic E-state index is -5.08. The summed E-state index contributed by atoms with van der Waals surface area (Å²) in [5, 5.41) is 34.8. The number of benzene rings is 2. The van der Waals surface area contributed by atoms with Crippen LogP contribution in [-0.2, 0) is 4.79 Å². The number of hydrogen-bond donors (Lipinski definition) is 5. The van der Waals surface area contributed by atoms with Crippen molar-refractivity contribution in [2.24, 2.45) is 5.92 Å². The number of methoxy groups -OCH3 is 2. The minimum Gasteiger partial charge on any atom is -0.493 e. The number of halogens is 3. The first kappa shape index (κ1) is 34.8. The lowest BCUT2D eigenvalue weighted by molar-refractivity contribution is -0.192. The average Bonchev–Trinajstić information content (AvgIpc) is 2.98. The van der Waals surface area contributed by atoms with Gasteiger partial charge in [-0.15, -0.1) is 0 Å². The fourth-order valence-electron chi connectivity index (χ4n) is 4.23. The summed E-state index contributed by atoms with van der Waals surface area (Å²) in [7, 11) is 3.14. The van der Waals surface area contributed by atoms with Gasteiger partial charge in [-0.1, -0.05) is 13.8 Å². The molecule has 0 saturated heterocycles. The number of nitrogens with zero attached hydrogens (tertiary/aromatic N) is 4. The Labute approximate surface area is 256 Å². The summed E-state index contributed by atoms with van der Waals surface area (Å²) in [4.78, 5) is 26.6. The first-order valence-corrected chi connectivity index (χ1v) is 13.7. The minimum absolute atomic E-state index is 0.0406. The van der Waals surface area contributed by atoms with Crippen LogP contribution >= 0.6 is 0 Å². The molecule has 0 bridgehead atoms. The van der Waals surface area contributed by atoms with E-state index in [0.29, 0.717) is 52.7 Å². The van der Waals surface area contributed by atoms with Crippen molar-refractivity contribution < 1.29 is 47.5 Å². The molecule has 0 aliphatic heterocycles. The van der Waals surface area contributed by atoms with Crippen LogP contribution in [0.2, 0.25) is 0 Å². The zero-order valence-electron chi connectivity index (χ0n) is 25.3.